The van der Waals surface area contributed by atoms with Crippen molar-refractivity contribution in [2.24, 2.45) is 10.9 Å². The molecule has 1 aromatic rings. The predicted molar refractivity (Wildman–Crippen MR) is 83.0 cm³/mol. The summed E-state index contributed by atoms with van der Waals surface area (Å²) in [7, 11) is 3.66. The molecule has 0 bridgehead atoms. The van der Waals surface area contributed by atoms with Gasteiger partial charge in [-0.2, -0.15) is 0 Å². The third kappa shape index (κ3) is 3.73. The summed E-state index contributed by atoms with van der Waals surface area (Å²) >= 11 is 0. The summed E-state index contributed by atoms with van der Waals surface area (Å²) in [5, 5.41) is 6.41. The Bertz CT molecular complexity index is 442. The number of nitrogens with zero attached hydrogens (tertiary/aromatic N) is 1. The Hall–Kier alpha value is -1.55. The van der Waals surface area contributed by atoms with Crippen LogP contribution in [0.5, 0.6) is 0 Å². The van der Waals surface area contributed by atoms with E-state index in [1.807, 2.05) is 7.05 Å². The maximum Gasteiger partial charge on any atom is 0.190 e. The lowest BCUT2D eigenvalue weighted by molar-refractivity contribution is -0.0265. The number of hydrogen-bond donors (Lipinski definition) is 2. The van der Waals surface area contributed by atoms with Crippen LogP contribution in [0, 0.1) is 12.8 Å². The Morgan fingerprint density at radius 1 is 1.35 bits per heavy atom. The van der Waals surface area contributed by atoms with E-state index in [1.165, 1.54) is 17.5 Å². The molecule has 1 heterocycles. The molecule has 0 spiro atoms. The maximum atomic E-state index is 6.02. The Morgan fingerprint density at radius 3 is 2.75 bits per heavy atom. The summed E-state index contributed by atoms with van der Waals surface area (Å²) in [6, 6.07) is 8.69. The summed E-state index contributed by atoms with van der Waals surface area (Å²) in [5.41, 5.74) is 2.57. The van der Waals surface area contributed by atoms with E-state index in [4.69, 9.17) is 4.74 Å². The molecule has 1 fully saturated rings. The van der Waals surface area contributed by atoms with Crippen molar-refractivity contribution >= 4 is 5.96 Å². The number of nitrogens with one attached hydrogen (secondary N) is 2. The second kappa shape index (κ2) is 7.29. The zero-order chi connectivity index (χ0) is 14.4. The first-order valence-electron chi connectivity index (χ1n) is 7.31. The fraction of sp³-hybridized carbons (Fsp3) is 0.562. The first-order chi connectivity index (χ1) is 9.74. The van der Waals surface area contributed by atoms with E-state index >= 15 is 0 Å². The summed E-state index contributed by atoms with van der Waals surface area (Å²) in [4.78, 5) is 4.15. The molecule has 1 aromatic carbocycles. The van der Waals surface area contributed by atoms with E-state index < -0.39 is 0 Å². The van der Waals surface area contributed by atoms with Gasteiger partial charge in [0.25, 0.3) is 0 Å². The SMILES string of the molecule is CN=C(NC)NCC1CCCOC1c1ccc(C)cc1. The molecule has 0 aliphatic carbocycles. The van der Waals surface area contributed by atoms with Crippen molar-refractivity contribution in [3.63, 3.8) is 0 Å². The summed E-state index contributed by atoms with van der Waals surface area (Å²) in [5.74, 6) is 1.31. The fourth-order valence-corrected chi connectivity index (χ4v) is 2.68. The highest BCUT2D eigenvalue weighted by Crippen LogP contribution is 2.33. The Morgan fingerprint density at radius 2 is 2.10 bits per heavy atom. The maximum absolute atomic E-state index is 6.02. The van der Waals surface area contributed by atoms with Crippen LogP contribution >= 0.6 is 0 Å². The minimum Gasteiger partial charge on any atom is -0.373 e. The van der Waals surface area contributed by atoms with Crippen LogP contribution in [0.1, 0.15) is 30.1 Å². The molecule has 1 saturated heterocycles. The molecule has 2 N–H and O–H groups in total. The molecule has 2 unspecified atom stereocenters. The second-order valence-corrected chi connectivity index (χ2v) is 5.31. The lowest BCUT2D eigenvalue weighted by atomic mass is 9.89. The number of rotatable bonds is 3. The van der Waals surface area contributed by atoms with E-state index in [-0.39, 0.29) is 6.10 Å². The van der Waals surface area contributed by atoms with Gasteiger partial charge in [-0.05, 0) is 25.3 Å². The van der Waals surface area contributed by atoms with Gasteiger partial charge in [0.2, 0.25) is 0 Å². The van der Waals surface area contributed by atoms with Crippen molar-refractivity contribution in [2.75, 3.05) is 27.2 Å². The molecule has 0 radical (unpaired) electrons. The van der Waals surface area contributed by atoms with Crippen LogP contribution in [-0.2, 0) is 4.74 Å². The normalized spacial score (nSPS) is 23.4. The van der Waals surface area contributed by atoms with Crippen molar-refractivity contribution in [1.82, 2.24) is 10.6 Å². The van der Waals surface area contributed by atoms with Gasteiger partial charge >= 0.3 is 0 Å². The zero-order valence-corrected chi connectivity index (χ0v) is 12.6. The van der Waals surface area contributed by atoms with Crippen LogP contribution in [0.2, 0.25) is 0 Å². The Labute approximate surface area is 121 Å². The van der Waals surface area contributed by atoms with Crippen LogP contribution in [0.15, 0.2) is 29.3 Å². The third-order valence-corrected chi connectivity index (χ3v) is 3.84. The summed E-state index contributed by atoms with van der Waals surface area (Å²) in [6.45, 7) is 3.85. The van der Waals surface area contributed by atoms with E-state index in [0.717, 1.165) is 25.5 Å². The highest BCUT2D eigenvalue weighted by Gasteiger charge is 2.27. The van der Waals surface area contributed by atoms with Crippen molar-refractivity contribution in [2.45, 2.75) is 25.9 Å². The topological polar surface area (TPSA) is 45.7 Å². The first-order valence-corrected chi connectivity index (χ1v) is 7.31. The van der Waals surface area contributed by atoms with Gasteiger partial charge in [-0.3, -0.25) is 4.99 Å². The highest BCUT2D eigenvalue weighted by molar-refractivity contribution is 5.79. The van der Waals surface area contributed by atoms with Gasteiger partial charge < -0.3 is 15.4 Å². The summed E-state index contributed by atoms with van der Waals surface area (Å²) < 4.78 is 6.02. The number of aliphatic imine (C=N–C) groups is 1. The predicted octanol–water partition coefficient (Wildman–Crippen LogP) is 2.26. The zero-order valence-electron chi connectivity index (χ0n) is 12.6. The lowest BCUT2D eigenvalue weighted by Crippen LogP contribution is -2.40. The van der Waals surface area contributed by atoms with Crippen LogP contribution in [0.4, 0.5) is 0 Å². The quantitative estimate of drug-likeness (QED) is 0.657. The Balaban J connectivity index is 2.03. The molecule has 1 aliphatic heterocycles. The minimum absolute atomic E-state index is 0.187. The van der Waals surface area contributed by atoms with Crippen LogP contribution in [0.3, 0.4) is 0 Å². The molecule has 4 heteroatoms. The van der Waals surface area contributed by atoms with Crippen molar-refractivity contribution in [1.29, 1.82) is 0 Å². The largest absolute Gasteiger partial charge is 0.373 e. The molecule has 4 nitrogen and oxygen atoms in total. The Kier molecular flexibility index (Phi) is 5.41. The highest BCUT2D eigenvalue weighted by atomic mass is 16.5. The lowest BCUT2D eigenvalue weighted by Gasteiger charge is -2.32. The molecule has 110 valence electrons. The number of hydrogen-bond acceptors (Lipinski definition) is 2. The van der Waals surface area contributed by atoms with Crippen molar-refractivity contribution in [3.8, 4) is 0 Å². The first kappa shape index (κ1) is 14.9. The van der Waals surface area contributed by atoms with E-state index in [1.54, 1.807) is 7.05 Å². The molecule has 0 amide bonds. The number of ether oxygens (including phenoxy) is 1. The second-order valence-electron chi connectivity index (χ2n) is 5.31. The van der Waals surface area contributed by atoms with Crippen molar-refractivity contribution < 1.29 is 4.74 Å². The molecule has 0 aromatic heterocycles. The number of aryl methyl sites for hydroxylation is 1. The molecular formula is C16H25N3O. The van der Waals surface area contributed by atoms with Gasteiger partial charge in [-0.15, -0.1) is 0 Å². The minimum atomic E-state index is 0.187. The molecule has 2 rings (SSSR count). The smallest absolute Gasteiger partial charge is 0.190 e. The number of guanidine groups is 1. The average Bonchev–Trinajstić information content (AvgIpc) is 2.50. The van der Waals surface area contributed by atoms with Gasteiger partial charge in [-0.1, -0.05) is 29.8 Å². The summed E-state index contributed by atoms with van der Waals surface area (Å²) in [6.07, 6.45) is 2.51. The monoisotopic (exact) mass is 275 g/mol. The van der Waals surface area contributed by atoms with Gasteiger partial charge in [0.05, 0.1) is 6.10 Å². The van der Waals surface area contributed by atoms with Crippen molar-refractivity contribution in [3.05, 3.63) is 35.4 Å². The number of benzene rings is 1. The standard InChI is InChI=1S/C16H25N3O/c1-12-6-8-13(9-7-12)15-14(5-4-10-20-15)11-19-16(17-2)18-3/h6-9,14-15H,4-5,10-11H2,1-3H3,(H2,17,18,19). The van der Waals surface area contributed by atoms with Gasteiger partial charge in [0.1, 0.15) is 0 Å². The molecule has 2 atom stereocenters. The third-order valence-electron chi connectivity index (χ3n) is 3.84. The molecule has 20 heavy (non-hydrogen) atoms. The van der Waals surface area contributed by atoms with Crippen LogP contribution in [-0.4, -0.2) is 33.2 Å². The van der Waals surface area contributed by atoms with Crippen LogP contribution < -0.4 is 10.6 Å². The van der Waals surface area contributed by atoms with Gasteiger partial charge in [0.15, 0.2) is 5.96 Å². The molecule has 1 aliphatic rings. The molecule has 0 saturated carbocycles. The fourth-order valence-electron chi connectivity index (χ4n) is 2.68. The average molecular weight is 275 g/mol. The van der Waals surface area contributed by atoms with E-state index in [2.05, 4.69) is 46.8 Å². The van der Waals surface area contributed by atoms with E-state index in [9.17, 15) is 0 Å². The van der Waals surface area contributed by atoms with Gasteiger partial charge in [-0.25, -0.2) is 0 Å². The molecular weight excluding hydrogens is 250 g/mol. The van der Waals surface area contributed by atoms with Crippen LogP contribution in [0.25, 0.3) is 0 Å². The van der Waals surface area contributed by atoms with Gasteiger partial charge in [0, 0.05) is 33.2 Å². The van der Waals surface area contributed by atoms with E-state index in [0.29, 0.717) is 5.92 Å².